The van der Waals surface area contributed by atoms with Crippen molar-refractivity contribution in [1.82, 2.24) is 10.6 Å². The van der Waals surface area contributed by atoms with E-state index in [9.17, 15) is 18.0 Å². The van der Waals surface area contributed by atoms with Crippen LogP contribution < -0.4 is 10.6 Å². The van der Waals surface area contributed by atoms with Gasteiger partial charge in [0.25, 0.3) is 5.91 Å². The smallest absolute Gasteiger partial charge is 0.370 e. The first-order chi connectivity index (χ1) is 18.1. The molecule has 2 aromatic carbocycles. The zero-order valence-electron chi connectivity index (χ0n) is 20.6. The van der Waals surface area contributed by atoms with Crippen LogP contribution in [-0.2, 0) is 16.8 Å². The van der Waals surface area contributed by atoms with Gasteiger partial charge in [-0.15, -0.1) is 0 Å². The van der Waals surface area contributed by atoms with Gasteiger partial charge in [-0.2, -0.15) is 13.2 Å². The Balaban J connectivity index is 1.46. The van der Waals surface area contributed by atoms with E-state index in [1.54, 1.807) is 30.3 Å². The number of benzene rings is 2. The van der Waals surface area contributed by atoms with E-state index >= 15 is 4.39 Å². The van der Waals surface area contributed by atoms with Crippen molar-refractivity contribution in [2.75, 3.05) is 26.0 Å². The number of fused-ring (bicyclic) bond motifs is 1. The largest absolute Gasteiger partial charge is 0.401 e. The second-order valence-electron chi connectivity index (χ2n) is 9.66. The Hall–Kier alpha value is -3.02. The highest BCUT2D eigenvalue weighted by Crippen LogP contribution is 2.48. The molecule has 5 rings (SSSR count). The first-order valence-electron chi connectivity index (χ1n) is 12.2. The molecule has 3 unspecified atom stereocenters. The summed E-state index contributed by atoms with van der Waals surface area (Å²) in [5.74, 6) is -0.415. The summed E-state index contributed by atoms with van der Waals surface area (Å²) in [4.78, 5) is 17.7. The van der Waals surface area contributed by atoms with Crippen molar-refractivity contribution < 1.29 is 31.7 Å². The lowest BCUT2D eigenvalue weighted by molar-refractivity contribution is -0.430. The maximum Gasteiger partial charge on any atom is 0.401 e. The molecule has 6 nitrogen and oxygen atoms in total. The molecule has 1 amide bonds. The van der Waals surface area contributed by atoms with Gasteiger partial charge in [-0.3, -0.25) is 4.79 Å². The van der Waals surface area contributed by atoms with Gasteiger partial charge in [0.15, 0.2) is 17.6 Å². The molecular formula is C27H27F4N4O2S+. The van der Waals surface area contributed by atoms with Gasteiger partial charge in [-0.1, -0.05) is 36.0 Å². The second kappa shape index (κ2) is 10.6. The minimum atomic E-state index is -4.35. The van der Waals surface area contributed by atoms with Crippen LogP contribution in [0.25, 0.3) is 0 Å². The van der Waals surface area contributed by atoms with Gasteiger partial charge in [0.05, 0.1) is 19.3 Å². The zero-order valence-corrected chi connectivity index (χ0v) is 21.4. The normalized spacial score (nSPS) is 24.9. The van der Waals surface area contributed by atoms with E-state index in [-0.39, 0.29) is 36.6 Å². The van der Waals surface area contributed by atoms with Gasteiger partial charge in [-0.25, -0.2) is 14.0 Å². The van der Waals surface area contributed by atoms with Crippen molar-refractivity contribution in [3.05, 3.63) is 82.8 Å². The van der Waals surface area contributed by atoms with Crippen LogP contribution in [0.2, 0.25) is 0 Å². The number of alkyl halides is 3. The van der Waals surface area contributed by atoms with Crippen molar-refractivity contribution in [3.63, 3.8) is 0 Å². The fourth-order valence-corrected chi connectivity index (χ4v) is 6.15. The molecule has 1 fully saturated rings. The van der Waals surface area contributed by atoms with Gasteiger partial charge in [0.2, 0.25) is 0 Å². The van der Waals surface area contributed by atoms with Gasteiger partial charge >= 0.3 is 6.18 Å². The Morgan fingerprint density at radius 3 is 2.71 bits per heavy atom. The number of hydrogen-bond donors (Lipinski definition) is 2. The minimum Gasteiger partial charge on any atom is -0.370 e. The molecule has 0 saturated carbocycles. The van der Waals surface area contributed by atoms with Crippen molar-refractivity contribution in [1.29, 1.82) is 0 Å². The van der Waals surface area contributed by atoms with Crippen LogP contribution in [-0.4, -0.2) is 60.1 Å². The number of halogens is 4. The Kier molecular flexibility index (Phi) is 7.43. The average Bonchev–Trinajstić information content (AvgIpc) is 2.87. The van der Waals surface area contributed by atoms with Crippen LogP contribution in [0.1, 0.15) is 27.9 Å². The molecule has 0 aromatic heterocycles. The summed E-state index contributed by atoms with van der Waals surface area (Å²) < 4.78 is 61.5. The summed E-state index contributed by atoms with van der Waals surface area (Å²) >= 11 is 1.39. The number of hydrogen-bond acceptors (Lipinski definition) is 5. The number of ether oxygens (including phenoxy) is 1. The molecule has 2 aromatic rings. The molecule has 3 aliphatic heterocycles. The van der Waals surface area contributed by atoms with E-state index in [1.807, 2.05) is 30.1 Å². The quantitative estimate of drug-likeness (QED) is 0.420. The monoisotopic (exact) mass is 547 g/mol. The SMILES string of the molecule is C[N+]1=CC(C2CC3CSC(NC(=O)c4ccccc4)=NC3(c3cc(CNCC(F)(F)F)ccc3F)CO2)=C1. The number of thioether (sulfide) groups is 1. The molecule has 200 valence electrons. The number of amides is 1. The van der Waals surface area contributed by atoms with Crippen molar-refractivity contribution in [3.8, 4) is 0 Å². The number of nitrogens with one attached hydrogen (secondary N) is 2. The van der Waals surface area contributed by atoms with Gasteiger partial charge in [-0.05, 0) is 36.2 Å². The van der Waals surface area contributed by atoms with Crippen LogP contribution in [0.4, 0.5) is 17.6 Å². The third-order valence-electron chi connectivity index (χ3n) is 6.89. The second-order valence-corrected chi connectivity index (χ2v) is 10.7. The summed E-state index contributed by atoms with van der Waals surface area (Å²) in [5, 5.41) is 5.56. The fraction of sp³-hybridized carbons (Fsp3) is 0.370. The van der Waals surface area contributed by atoms with Crippen LogP contribution in [0, 0.1) is 11.7 Å². The van der Waals surface area contributed by atoms with Crippen LogP contribution in [0.15, 0.2) is 65.3 Å². The zero-order chi connectivity index (χ0) is 26.9. The standard InChI is InChI=1S/C27H26F4N4O2S/c1-35-12-19(13-35)23-10-20-14-38-25(33-24(36)18-5-3-2-4-6-18)34-26(20,16-37-23)21-9-17(7-8-22(21)28)11-32-15-27(29,30)31/h2-9,12-13,20,23,32H,10-11,14-16H2,1H3/p+1. The van der Waals surface area contributed by atoms with E-state index in [0.29, 0.717) is 28.5 Å². The Bertz CT molecular complexity index is 1310. The Morgan fingerprint density at radius 2 is 2.00 bits per heavy atom. The third-order valence-corrected chi connectivity index (χ3v) is 7.92. The molecular weight excluding hydrogens is 520 g/mol. The lowest BCUT2D eigenvalue weighted by Crippen LogP contribution is -2.52. The molecule has 3 heterocycles. The topological polar surface area (TPSA) is 65.7 Å². The fourth-order valence-electron chi connectivity index (χ4n) is 4.99. The molecule has 0 spiro atoms. The highest BCUT2D eigenvalue weighted by atomic mass is 32.2. The first kappa shape index (κ1) is 26.6. The number of rotatable bonds is 6. The molecule has 3 aliphatic rings. The van der Waals surface area contributed by atoms with Gasteiger partial charge < -0.3 is 15.4 Å². The molecule has 3 atom stereocenters. The average molecular weight is 548 g/mol. The van der Waals surface area contributed by atoms with Gasteiger partial charge in [0, 0.05) is 29.3 Å². The molecule has 0 radical (unpaired) electrons. The Labute approximate surface area is 221 Å². The summed E-state index contributed by atoms with van der Waals surface area (Å²) in [6.07, 6.45) is 0.0334. The number of nitrogens with zero attached hydrogens (tertiary/aromatic N) is 2. The molecule has 0 bridgehead atoms. The van der Waals surface area contributed by atoms with E-state index in [4.69, 9.17) is 9.73 Å². The minimum absolute atomic E-state index is 0.0683. The first-order valence-corrected chi connectivity index (χ1v) is 13.2. The van der Waals surface area contributed by atoms with Crippen molar-refractivity contribution >= 4 is 29.1 Å². The number of carbonyl (C=O) groups is 1. The maximum atomic E-state index is 15.4. The van der Waals surface area contributed by atoms with E-state index in [2.05, 4.69) is 10.6 Å². The van der Waals surface area contributed by atoms with E-state index < -0.39 is 24.1 Å². The lowest BCUT2D eigenvalue weighted by atomic mass is 9.73. The van der Waals surface area contributed by atoms with Gasteiger partial charge in [0.1, 0.15) is 24.0 Å². The number of amidine groups is 1. The van der Waals surface area contributed by atoms with Crippen molar-refractivity contribution in [2.45, 2.75) is 30.8 Å². The number of carbonyl (C=O) groups excluding carboxylic acids is 1. The highest BCUT2D eigenvalue weighted by Gasteiger charge is 2.51. The molecule has 38 heavy (non-hydrogen) atoms. The lowest BCUT2D eigenvalue weighted by Gasteiger charge is -2.46. The van der Waals surface area contributed by atoms with Crippen molar-refractivity contribution in [2.24, 2.45) is 10.9 Å². The van der Waals surface area contributed by atoms with E-state index in [0.717, 1.165) is 5.57 Å². The Morgan fingerprint density at radius 1 is 1.24 bits per heavy atom. The van der Waals surface area contributed by atoms with Crippen LogP contribution in [0.5, 0.6) is 0 Å². The predicted octanol–water partition coefficient (Wildman–Crippen LogP) is 4.22. The summed E-state index contributed by atoms with van der Waals surface area (Å²) in [7, 11) is 1.92. The number of aliphatic imine (C=N–C) groups is 1. The summed E-state index contributed by atoms with van der Waals surface area (Å²) in [5.41, 5.74) is 1.13. The van der Waals surface area contributed by atoms with Crippen LogP contribution >= 0.6 is 11.8 Å². The van der Waals surface area contributed by atoms with Crippen LogP contribution in [0.3, 0.4) is 0 Å². The molecule has 11 heteroatoms. The summed E-state index contributed by atoms with van der Waals surface area (Å²) in [6.45, 7) is -1.16. The maximum absolute atomic E-state index is 15.4. The third kappa shape index (κ3) is 5.69. The molecule has 2 N–H and O–H groups in total. The summed E-state index contributed by atoms with van der Waals surface area (Å²) in [6, 6.07) is 13.0. The predicted molar refractivity (Wildman–Crippen MR) is 138 cm³/mol. The molecule has 0 aliphatic carbocycles. The molecule has 1 saturated heterocycles. The highest BCUT2D eigenvalue weighted by molar-refractivity contribution is 8.13. The van der Waals surface area contributed by atoms with E-state index in [1.165, 1.54) is 23.9 Å².